The fourth-order valence-corrected chi connectivity index (χ4v) is 2.45. The summed E-state index contributed by atoms with van der Waals surface area (Å²) in [5.74, 6) is 0.830. The lowest BCUT2D eigenvalue weighted by Crippen LogP contribution is -2.27. The van der Waals surface area contributed by atoms with Gasteiger partial charge in [0.1, 0.15) is 0 Å². The number of nitrogens with zero attached hydrogens (tertiary/aromatic N) is 2. The van der Waals surface area contributed by atoms with E-state index in [-0.39, 0.29) is 5.91 Å². The third-order valence-corrected chi connectivity index (χ3v) is 3.56. The smallest absolute Gasteiger partial charge is 0.251 e. The van der Waals surface area contributed by atoms with Gasteiger partial charge in [0, 0.05) is 37.5 Å². The fourth-order valence-electron chi connectivity index (χ4n) is 2.18. The normalized spacial score (nSPS) is 13.5. The number of amides is 1. The van der Waals surface area contributed by atoms with Crippen molar-refractivity contribution in [2.24, 2.45) is 0 Å². The number of imidazole rings is 1. The molecule has 7 heteroatoms. The van der Waals surface area contributed by atoms with Crippen LogP contribution in [0.1, 0.15) is 16.8 Å². The molecule has 0 spiro atoms. The van der Waals surface area contributed by atoms with Crippen LogP contribution in [0.15, 0.2) is 30.9 Å². The van der Waals surface area contributed by atoms with Crippen molar-refractivity contribution in [3.63, 3.8) is 0 Å². The van der Waals surface area contributed by atoms with Gasteiger partial charge in [0.15, 0.2) is 11.5 Å². The van der Waals surface area contributed by atoms with Crippen molar-refractivity contribution in [3.8, 4) is 11.5 Å². The number of hydrogen-bond donors (Lipinski definition) is 1. The number of carbonyl (C=O) groups is 1. The summed E-state index contributed by atoms with van der Waals surface area (Å²) in [6, 6.07) is 3.26. The minimum Gasteiger partial charge on any atom is -0.489 e. The molecule has 6 nitrogen and oxygen atoms in total. The van der Waals surface area contributed by atoms with Crippen LogP contribution >= 0.6 is 11.6 Å². The quantitative estimate of drug-likeness (QED) is 0.937. The highest BCUT2D eigenvalue weighted by atomic mass is 35.5. The first-order valence-corrected chi connectivity index (χ1v) is 7.45. The molecule has 1 amide bonds. The molecule has 2 heterocycles. The zero-order valence-corrected chi connectivity index (χ0v) is 12.7. The third kappa shape index (κ3) is 3.33. The summed E-state index contributed by atoms with van der Waals surface area (Å²) >= 11 is 6.18. The van der Waals surface area contributed by atoms with Crippen molar-refractivity contribution in [1.29, 1.82) is 0 Å². The summed E-state index contributed by atoms with van der Waals surface area (Å²) in [6.07, 6.45) is 6.04. The number of fused-ring (bicyclic) bond motifs is 1. The van der Waals surface area contributed by atoms with Crippen LogP contribution < -0.4 is 14.8 Å². The number of hydrogen-bond acceptors (Lipinski definition) is 4. The number of nitrogens with one attached hydrogen (secondary N) is 1. The van der Waals surface area contributed by atoms with Gasteiger partial charge in [-0.3, -0.25) is 4.79 Å². The zero-order chi connectivity index (χ0) is 15.4. The van der Waals surface area contributed by atoms with Gasteiger partial charge in [0.2, 0.25) is 0 Å². The van der Waals surface area contributed by atoms with Crippen LogP contribution in [0.4, 0.5) is 0 Å². The van der Waals surface area contributed by atoms with Gasteiger partial charge in [-0.1, -0.05) is 11.6 Å². The van der Waals surface area contributed by atoms with Gasteiger partial charge in [0.05, 0.1) is 24.6 Å². The molecule has 0 saturated carbocycles. The Labute approximate surface area is 133 Å². The van der Waals surface area contributed by atoms with E-state index < -0.39 is 0 Å². The van der Waals surface area contributed by atoms with Crippen molar-refractivity contribution in [2.45, 2.75) is 13.0 Å². The Balaban J connectivity index is 1.67. The fraction of sp³-hybridized carbons (Fsp3) is 0.333. The van der Waals surface area contributed by atoms with Crippen molar-refractivity contribution in [2.75, 3.05) is 19.8 Å². The van der Waals surface area contributed by atoms with E-state index in [9.17, 15) is 4.79 Å². The first kappa shape index (κ1) is 14.7. The van der Waals surface area contributed by atoms with Crippen LogP contribution in [0.2, 0.25) is 5.02 Å². The topological polar surface area (TPSA) is 65.4 Å². The van der Waals surface area contributed by atoms with E-state index in [4.69, 9.17) is 21.1 Å². The number of carbonyl (C=O) groups excluding carboxylic acids is 1. The van der Waals surface area contributed by atoms with Crippen molar-refractivity contribution >= 4 is 17.5 Å². The second kappa shape index (κ2) is 6.70. The van der Waals surface area contributed by atoms with Crippen LogP contribution in [0.3, 0.4) is 0 Å². The highest BCUT2D eigenvalue weighted by molar-refractivity contribution is 6.32. The summed E-state index contributed by atoms with van der Waals surface area (Å²) in [5.41, 5.74) is 0.458. The molecule has 0 saturated heterocycles. The Kier molecular flexibility index (Phi) is 4.48. The van der Waals surface area contributed by atoms with E-state index in [0.717, 1.165) is 6.42 Å². The summed E-state index contributed by atoms with van der Waals surface area (Å²) in [7, 11) is 0. The van der Waals surface area contributed by atoms with Crippen molar-refractivity contribution < 1.29 is 14.3 Å². The minimum absolute atomic E-state index is 0.197. The SMILES string of the molecule is O=C(NCCn1ccnc1)c1cc(Cl)c2c(c1)OCCCO2. The van der Waals surface area contributed by atoms with E-state index >= 15 is 0 Å². The van der Waals surface area contributed by atoms with Gasteiger partial charge in [0.25, 0.3) is 5.91 Å². The molecule has 1 aromatic carbocycles. The van der Waals surface area contributed by atoms with Gasteiger partial charge < -0.3 is 19.4 Å². The van der Waals surface area contributed by atoms with Crippen LogP contribution in [0.25, 0.3) is 0 Å². The maximum atomic E-state index is 12.2. The van der Waals surface area contributed by atoms with Gasteiger partial charge in [-0.05, 0) is 12.1 Å². The monoisotopic (exact) mass is 321 g/mol. The molecule has 1 aliphatic heterocycles. The van der Waals surface area contributed by atoms with E-state index in [1.54, 1.807) is 24.7 Å². The number of ether oxygens (including phenoxy) is 2. The molecular formula is C15H16ClN3O3. The molecule has 0 fully saturated rings. The highest BCUT2D eigenvalue weighted by Crippen LogP contribution is 2.37. The lowest BCUT2D eigenvalue weighted by atomic mass is 10.2. The van der Waals surface area contributed by atoms with Gasteiger partial charge in [-0.25, -0.2) is 4.98 Å². The predicted octanol–water partition coefficient (Wildman–Crippen LogP) is 2.13. The van der Waals surface area contributed by atoms with Gasteiger partial charge in [-0.15, -0.1) is 0 Å². The molecule has 0 atom stereocenters. The Hall–Kier alpha value is -2.21. The molecule has 1 aromatic heterocycles. The lowest BCUT2D eigenvalue weighted by molar-refractivity contribution is 0.0952. The Bertz CT molecular complexity index is 658. The molecule has 0 aliphatic carbocycles. The first-order valence-electron chi connectivity index (χ1n) is 7.07. The molecule has 22 heavy (non-hydrogen) atoms. The number of benzene rings is 1. The third-order valence-electron chi connectivity index (χ3n) is 3.28. The second-order valence-corrected chi connectivity index (χ2v) is 5.30. The first-order chi connectivity index (χ1) is 10.7. The van der Waals surface area contributed by atoms with Crippen molar-refractivity contribution in [3.05, 3.63) is 41.4 Å². The molecule has 2 aromatic rings. The Morgan fingerprint density at radius 1 is 1.36 bits per heavy atom. The summed E-state index contributed by atoms with van der Waals surface area (Å²) in [5, 5.41) is 3.23. The Morgan fingerprint density at radius 2 is 2.23 bits per heavy atom. The number of rotatable bonds is 4. The second-order valence-electron chi connectivity index (χ2n) is 4.89. The van der Waals surface area contributed by atoms with Crippen LogP contribution in [-0.2, 0) is 6.54 Å². The Morgan fingerprint density at radius 3 is 3.05 bits per heavy atom. The molecule has 3 rings (SSSR count). The molecule has 1 N–H and O–H groups in total. The summed E-state index contributed by atoms with van der Waals surface area (Å²) in [4.78, 5) is 16.2. The molecule has 0 unspecified atom stereocenters. The maximum Gasteiger partial charge on any atom is 0.251 e. The zero-order valence-electron chi connectivity index (χ0n) is 11.9. The number of aromatic nitrogens is 2. The molecule has 116 valence electrons. The molecular weight excluding hydrogens is 306 g/mol. The minimum atomic E-state index is -0.197. The average molecular weight is 322 g/mol. The summed E-state index contributed by atoms with van der Waals surface area (Å²) < 4.78 is 13.0. The summed E-state index contributed by atoms with van der Waals surface area (Å²) in [6.45, 7) is 2.27. The van der Waals surface area contributed by atoms with Crippen LogP contribution in [-0.4, -0.2) is 35.2 Å². The van der Waals surface area contributed by atoms with Gasteiger partial charge >= 0.3 is 0 Å². The van der Waals surface area contributed by atoms with Crippen LogP contribution in [0, 0.1) is 0 Å². The largest absolute Gasteiger partial charge is 0.489 e. The predicted molar refractivity (Wildman–Crippen MR) is 81.6 cm³/mol. The number of halogens is 1. The van der Waals surface area contributed by atoms with Crippen molar-refractivity contribution in [1.82, 2.24) is 14.9 Å². The van der Waals surface area contributed by atoms with E-state index in [1.807, 2.05) is 10.8 Å². The average Bonchev–Trinajstić information content (AvgIpc) is 2.90. The van der Waals surface area contributed by atoms with Crippen LogP contribution in [0.5, 0.6) is 11.5 Å². The van der Waals surface area contributed by atoms with E-state index in [1.165, 1.54) is 0 Å². The molecule has 0 bridgehead atoms. The molecule has 1 aliphatic rings. The van der Waals surface area contributed by atoms with E-state index in [2.05, 4.69) is 10.3 Å². The van der Waals surface area contributed by atoms with Gasteiger partial charge in [-0.2, -0.15) is 0 Å². The maximum absolute atomic E-state index is 12.2. The highest BCUT2D eigenvalue weighted by Gasteiger charge is 2.18. The van der Waals surface area contributed by atoms with E-state index in [0.29, 0.717) is 48.4 Å². The lowest BCUT2D eigenvalue weighted by Gasteiger charge is -2.12. The molecule has 0 radical (unpaired) electrons. The standard InChI is InChI=1S/C15H16ClN3O3/c16-12-8-11(9-13-14(12)22-7-1-6-21-13)15(20)18-3-5-19-4-2-17-10-19/h2,4,8-10H,1,3,5-7H2,(H,18,20).